The molecule has 0 saturated carbocycles. The van der Waals surface area contributed by atoms with Crippen LogP contribution >= 0.6 is 31.6 Å². The van der Waals surface area contributed by atoms with Crippen molar-refractivity contribution >= 4 is 31.6 Å². The molecule has 0 aliphatic rings. The van der Waals surface area contributed by atoms with Crippen molar-refractivity contribution in [2.24, 2.45) is 5.73 Å². The van der Waals surface area contributed by atoms with Crippen LogP contribution in [0.15, 0.2) is 17.5 Å². The summed E-state index contributed by atoms with van der Waals surface area (Å²) in [6.45, 7) is 0.678. The maximum atomic E-state index is 5.30. The van der Waals surface area contributed by atoms with E-state index < -0.39 is 0 Å². The summed E-state index contributed by atoms with van der Waals surface area (Å²) in [6, 6.07) is 4.04. The summed E-state index contributed by atoms with van der Waals surface area (Å²) in [5, 5.41) is 2.03. The summed E-state index contributed by atoms with van der Waals surface area (Å²) in [7, 11) is 9.47. The van der Waals surface area contributed by atoms with Gasteiger partial charge in [-0.1, -0.05) is 6.07 Å². The predicted molar refractivity (Wildman–Crippen MR) is 43.9 cm³/mol. The number of halogens is 2. The van der Waals surface area contributed by atoms with Gasteiger partial charge in [-0.15, -0.1) is 11.3 Å². The molecule has 0 bridgehead atoms. The first-order valence-corrected chi connectivity index (χ1v) is 6.15. The number of rotatable bonds is 1. The van der Waals surface area contributed by atoms with Crippen LogP contribution in [-0.2, 0) is 19.4 Å². The minimum absolute atomic E-state index is 0.382. The van der Waals surface area contributed by atoms with Gasteiger partial charge in [0.1, 0.15) is 0 Å². The second-order valence-corrected chi connectivity index (χ2v) is 4.08. The Morgan fingerprint density at radius 1 is 1.60 bits per heavy atom. The topological polar surface area (TPSA) is 26.0 Å². The Kier molecular flexibility index (Phi) is 8.44. The number of hydrogen-bond donors (Lipinski definition) is 1. The van der Waals surface area contributed by atoms with E-state index in [0.29, 0.717) is 19.4 Å². The van der Waals surface area contributed by atoms with Crippen LogP contribution in [0, 0.1) is 0 Å². The summed E-state index contributed by atoms with van der Waals surface area (Å²) < 4.78 is 0. The average molecular weight is 243 g/mol. The monoisotopic (exact) mass is 242 g/mol. The molecule has 5 heteroatoms. The van der Waals surface area contributed by atoms with Crippen LogP contribution in [0.25, 0.3) is 0 Å². The van der Waals surface area contributed by atoms with E-state index >= 15 is 0 Å². The third-order valence-corrected chi connectivity index (χ3v) is 1.68. The SMILES string of the molecule is NCc1cccs1.[Cl][Co][Cl]. The van der Waals surface area contributed by atoms with Gasteiger partial charge in [-0.2, -0.15) is 0 Å². The van der Waals surface area contributed by atoms with E-state index in [1.54, 1.807) is 11.3 Å². The molecule has 0 aromatic carbocycles. The molecule has 0 unspecified atom stereocenters. The fraction of sp³-hybridized carbons (Fsp3) is 0.200. The molecule has 0 aliphatic heterocycles. The van der Waals surface area contributed by atoms with Crippen molar-refractivity contribution in [3.63, 3.8) is 0 Å². The summed E-state index contributed by atoms with van der Waals surface area (Å²) in [4.78, 5) is 1.25. The van der Waals surface area contributed by atoms with E-state index in [0.717, 1.165) is 0 Å². The molecular weight excluding hydrogens is 236 g/mol. The van der Waals surface area contributed by atoms with E-state index in [-0.39, 0.29) is 0 Å². The Morgan fingerprint density at radius 2 is 2.20 bits per heavy atom. The van der Waals surface area contributed by atoms with Gasteiger partial charge >= 0.3 is 33.2 Å². The van der Waals surface area contributed by atoms with E-state index in [4.69, 9.17) is 26.0 Å². The van der Waals surface area contributed by atoms with Gasteiger partial charge in [-0.05, 0) is 11.4 Å². The molecule has 10 heavy (non-hydrogen) atoms. The van der Waals surface area contributed by atoms with Gasteiger partial charge < -0.3 is 5.73 Å². The van der Waals surface area contributed by atoms with Gasteiger partial charge in [0.2, 0.25) is 0 Å². The van der Waals surface area contributed by atoms with E-state index in [1.807, 2.05) is 17.5 Å². The molecular formula is C5H7Cl2CoNS. The molecule has 1 aromatic heterocycles. The number of nitrogens with two attached hydrogens (primary N) is 1. The standard InChI is InChI=1S/C5H7NS.2ClH.Co/c6-4-5-2-1-3-7-5;;;/h1-3H,4,6H2;2*1H;/q;;;+2/p-2. The van der Waals surface area contributed by atoms with E-state index in [9.17, 15) is 0 Å². The van der Waals surface area contributed by atoms with Crippen molar-refractivity contribution in [1.29, 1.82) is 0 Å². The third kappa shape index (κ3) is 5.53. The zero-order valence-electron chi connectivity index (χ0n) is 5.01. The molecule has 0 amide bonds. The van der Waals surface area contributed by atoms with Crippen molar-refractivity contribution in [3.05, 3.63) is 22.4 Å². The van der Waals surface area contributed by atoms with Crippen LogP contribution < -0.4 is 5.73 Å². The van der Waals surface area contributed by atoms with Gasteiger partial charge in [0, 0.05) is 11.4 Å². The zero-order chi connectivity index (χ0) is 7.82. The van der Waals surface area contributed by atoms with Crippen LogP contribution in [-0.4, -0.2) is 0 Å². The average Bonchev–Trinajstić information content (AvgIpc) is 2.39. The second-order valence-electron chi connectivity index (χ2n) is 1.33. The summed E-state index contributed by atoms with van der Waals surface area (Å²) in [6.07, 6.45) is 0. The Morgan fingerprint density at radius 3 is 2.40 bits per heavy atom. The fourth-order valence-electron chi connectivity index (χ4n) is 0.429. The molecule has 61 valence electrons. The van der Waals surface area contributed by atoms with Gasteiger partial charge in [0.05, 0.1) is 0 Å². The summed E-state index contributed by atoms with van der Waals surface area (Å²) in [5.41, 5.74) is 5.30. The quantitative estimate of drug-likeness (QED) is 0.805. The first-order chi connectivity index (χ1) is 4.85. The van der Waals surface area contributed by atoms with Crippen molar-refractivity contribution < 1.29 is 12.9 Å². The Balaban J connectivity index is 0.000000236. The first-order valence-electron chi connectivity index (χ1n) is 2.41. The fourth-order valence-corrected chi connectivity index (χ4v) is 1.01. The Hall–Kier alpha value is 0.746. The van der Waals surface area contributed by atoms with E-state index in [2.05, 4.69) is 0 Å². The van der Waals surface area contributed by atoms with Gasteiger partial charge in [-0.25, -0.2) is 0 Å². The van der Waals surface area contributed by atoms with Crippen molar-refractivity contribution in [2.75, 3.05) is 0 Å². The van der Waals surface area contributed by atoms with Crippen LogP contribution in [0.3, 0.4) is 0 Å². The molecule has 0 fully saturated rings. The number of thiophene rings is 1. The normalized spacial score (nSPS) is 8.70. The molecule has 1 rings (SSSR count). The Labute approximate surface area is 79.0 Å². The molecule has 1 aromatic rings. The van der Waals surface area contributed by atoms with Crippen LogP contribution in [0.2, 0.25) is 0 Å². The third-order valence-electron chi connectivity index (χ3n) is 0.781. The minimum atomic E-state index is 0.382. The van der Waals surface area contributed by atoms with Crippen LogP contribution in [0.5, 0.6) is 0 Å². The van der Waals surface area contributed by atoms with Gasteiger partial charge in [0.25, 0.3) is 0 Å². The maximum absolute atomic E-state index is 5.30. The van der Waals surface area contributed by atoms with Crippen molar-refractivity contribution in [1.82, 2.24) is 0 Å². The van der Waals surface area contributed by atoms with Crippen molar-refractivity contribution in [2.45, 2.75) is 6.54 Å². The predicted octanol–water partition coefficient (Wildman–Crippen LogP) is 2.58. The summed E-state index contributed by atoms with van der Waals surface area (Å²) >= 11 is 2.08. The summed E-state index contributed by atoms with van der Waals surface area (Å²) in [5.74, 6) is 0. The Bertz CT molecular complexity index is 145. The first kappa shape index (κ1) is 10.7. The van der Waals surface area contributed by atoms with Crippen LogP contribution in [0.1, 0.15) is 4.88 Å². The van der Waals surface area contributed by atoms with E-state index in [1.165, 1.54) is 4.88 Å². The van der Waals surface area contributed by atoms with Crippen LogP contribution in [0.4, 0.5) is 0 Å². The molecule has 0 aliphatic carbocycles. The van der Waals surface area contributed by atoms with Gasteiger partial charge in [0.15, 0.2) is 0 Å². The molecule has 2 N–H and O–H groups in total. The number of hydrogen-bond acceptors (Lipinski definition) is 2. The molecule has 0 saturated heterocycles. The molecule has 0 atom stereocenters. The molecule has 0 spiro atoms. The molecule has 1 heterocycles. The molecule has 1 nitrogen and oxygen atoms in total. The second kappa shape index (κ2) is 7.85. The molecule has 0 radical (unpaired) electrons. The zero-order valence-corrected chi connectivity index (χ0v) is 8.38. The van der Waals surface area contributed by atoms with Crippen molar-refractivity contribution in [3.8, 4) is 0 Å². The van der Waals surface area contributed by atoms with Gasteiger partial charge in [-0.3, -0.25) is 0 Å².